The van der Waals surface area contributed by atoms with Crippen molar-refractivity contribution in [1.82, 2.24) is 0 Å². The van der Waals surface area contributed by atoms with Gasteiger partial charge in [0, 0.05) is 22.1 Å². The van der Waals surface area contributed by atoms with E-state index in [0.29, 0.717) is 0 Å². The molecule has 0 spiro atoms. The average molecular weight is 313 g/mol. The third kappa shape index (κ3) is 2.57. The SMILES string of the molecule is CC(C)(CO)Cc1cc(Br)cc2c1OCC2(C)C. The van der Waals surface area contributed by atoms with Crippen molar-refractivity contribution in [3.05, 3.63) is 27.7 Å². The molecular formula is C15H21BrO2. The largest absolute Gasteiger partial charge is 0.492 e. The highest BCUT2D eigenvalue weighted by molar-refractivity contribution is 9.10. The van der Waals surface area contributed by atoms with Gasteiger partial charge in [0.2, 0.25) is 0 Å². The van der Waals surface area contributed by atoms with E-state index in [1.54, 1.807) is 0 Å². The van der Waals surface area contributed by atoms with Crippen LogP contribution in [-0.4, -0.2) is 18.3 Å². The van der Waals surface area contributed by atoms with Crippen molar-refractivity contribution < 1.29 is 9.84 Å². The molecule has 1 aliphatic heterocycles. The summed E-state index contributed by atoms with van der Waals surface area (Å²) in [6, 6.07) is 4.26. The lowest BCUT2D eigenvalue weighted by atomic mass is 9.82. The van der Waals surface area contributed by atoms with Crippen LogP contribution in [0.5, 0.6) is 5.75 Å². The Hall–Kier alpha value is -0.540. The summed E-state index contributed by atoms with van der Waals surface area (Å²) in [5, 5.41) is 9.42. The first-order valence-corrected chi connectivity index (χ1v) is 7.11. The zero-order chi connectivity index (χ0) is 13.6. The number of ether oxygens (including phenoxy) is 1. The van der Waals surface area contributed by atoms with Gasteiger partial charge in [-0.25, -0.2) is 0 Å². The van der Waals surface area contributed by atoms with Gasteiger partial charge in [-0.1, -0.05) is 43.6 Å². The maximum Gasteiger partial charge on any atom is 0.126 e. The number of rotatable bonds is 3. The van der Waals surface area contributed by atoms with Crippen LogP contribution in [0.25, 0.3) is 0 Å². The van der Waals surface area contributed by atoms with Crippen molar-refractivity contribution in [2.45, 2.75) is 39.5 Å². The molecule has 2 rings (SSSR count). The maximum atomic E-state index is 9.42. The second-order valence-electron chi connectivity index (χ2n) is 6.61. The Balaban J connectivity index is 2.45. The van der Waals surface area contributed by atoms with Crippen LogP contribution in [0, 0.1) is 5.41 Å². The predicted octanol–water partition coefficient (Wildman–Crippen LogP) is 3.68. The Bertz CT molecular complexity index is 464. The molecule has 1 aromatic carbocycles. The summed E-state index contributed by atoms with van der Waals surface area (Å²) in [4.78, 5) is 0. The van der Waals surface area contributed by atoms with E-state index in [1.165, 1.54) is 11.1 Å². The molecule has 1 N–H and O–H groups in total. The summed E-state index contributed by atoms with van der Waals surface area (Å²) < 4.78 is 6.97. The van der Waals surface area contributed by atoms with E-state index >= 15 is 0 Å². The molecule has 0 amide bonds. The van der Waals surface area contributed by atoms with Gasteiger partial charge in [-0.2, -0.15) is 0 Å². The van der Waals surface area contributed by atoms with Gasteiger partial charge in [0.1, 0.15) is 5.75 Å². The highest BCUT2D eigenvalue weighted by Gasteiger charge is 2.34. The minimum Gasteiger partial charge on any atom is -0.492 e. The van der Waals surface area contributed by atoms with Crippen molar-refractivity contribution in [2.24, 2.45) is 5.41 Å². The van der Waals surface area contributed by atoms with E-state index in [-0.39, 0.29) is 17.4 Å². The minimum atomic E-state index is -0.120. The van der Waals surface area contributed by atoms with E-state index in [2.05, 4.69) is 55.8 Å². The number of hydrogen-bond acceptors (Lipinski definition) is 2. The monoisotopic (exact) mass is 312 g/mol. The van der Waals surface area contributed by atoms with E-state index in [9.17, 15) is 5.11 Å². The van der Waals surface area contributed by atoms with Gasteiger partial charge >= 0.3 is 0 Å². The van der Waals surface area contributed by atoms with Crippen LogP contribution in [0.1, 0.15) is 38.8 Å². The first-order chi connectivity index (χ1) is 8.25. The fourth-order valence-electron chi connectivity index (χ4n) is 2.36. The highest BCUT2D eigenvalue weighted by atomic mass is 79.9. The van der Waals surface area contributed by atoms with Crippen molar-refractivity contribution in [2.75, 3.05) is 13.2 Å². The van der Waals surface area contributed by atoms with E-state index in [1.807, 2.05) is 0 Å². The van der Waals surface area contributed by atoms with Crippen LogP contribution in [0.4, 0.5) is 0 Å². The third-order valence-electron chi connectivity index (χ3n) is 3.53. The number of fused-ring (bicyclic) bond motifs is 1. The average Bonchev–Trinajstić information content (AvgIpc) is 2.55. The number of benzene rings is 1. The molecule has 100 valence electrons. The van der Waals surface area contributed by atoms with Gasteiger partial charge in [-0.3, -0.25) is 0 Å². The molecule has 0 unspecified atom stereocenters. The molecule has 2 nitrogen and oxygen atoms in total. The second kappa shape index (κ2) is 4.53. The smallest absolute Gasteiger partial charge is 0.126 e. The van der Waals surface area contributed by atoms with E-state index in [0.717, 1.165) is 23.2 Å². The summed E-state index contributed by atoms with van der Waals surface area (Å²) in [6.45, 7) is 9.45. The van der Waals surface area contributed by atoms with Gasteiger partial charge < -0.3 is 9.84 Å². The molecule has 1 aromatic rings. The van der Waals surface area contributed by atoms with Gasteiger partial charge in [0.05, 0.1) is 6.61 Å². The molecule has 0 radical (unpaired) electrons. The Morgan fingerprint density at radius 1 is 1.39 bits per heavy atom. The fraction of sp³-hybridized carbons (Fsp3) is 0.600. The summed E-state index contributed by atoms with van der Waals surface area (Å²) in [7, 11) is 0. The maximum absolute atomic E-state index is 9.42. The van der Waals surface area contributed by atoms with Crippen LogP contribution in [0.15, 0.2) is 16.6 Å². The number of aliphatic hydroxyl groups excluding tert-OH is 1. The Labute approximate surface area is 117 Å². The summed E-state index contributed by atoms with van der Waals surface area (Å²) in [5.41, 5.74) is 2.40. The zero-order valence-corrected chi connectivity index (χ0v) is 13.1. The summed E-state index contributed by atoms with van der Waals surface area (Å²) >= 11 is 3.58. The molecule has 0 atom stereocenters. The van der Waals surface area contributed by atoms with Crippen molar-refractivity contribution in [3.8, 4) is 5.75 Å². The van der Waals surface area contributed by atoms with E-state index in [4.69, 9.17) is 4.74 Å². The van der Waals surface area contributed by atoms with Gasteiger partial charge in [-0.05, 0) is 29.5 Å². The molecule has 0 aliphatic carbocycles. The lowest BCUT2D eigenvalue weighted by molar-refractivity contribution is 0.158. The Kier molecular flexibility index (Phi) is 3.50. The molecule has 3 heteroatoms. The minimum absolute atomic E-state index is 0.0667. The molecular weight excluding hydrogens is 292 g/mol. The normalized spacial score (nSPS) is 17.4. The van der Waals surface area contributed by atoms with Crippen LogP contribution >= 0.6 is 15.9 Å². The molecule has 1 aliphatic rings. The molecule has 0 saturated carbocycles. The first-order valence-electron chi connectivity index (χ1n) is 6.32. The topological polar surface area (TPSA) is 29.5 Å². The standard InChI is InChI=1S/C15H21BrO2/c1-14(2,8-17)7-10-5-11(16)6-12-13(10)18-9-15(12,3)4/h5-6,17H,7-9H2,1-4H3. The van der Waals surface area contributed by atoms with Crippen LogP contribution in [0.3, 0.4) is 0 Å². The van der Waals surface area contributed by atoms with Crippen molar-refractivity contribution in [3.63, 3.8) is 0 Å². The zero-order valence-electron chi connectivity index (χ0n) is 11.5. The molecule has 0 bridgehead atoms. The fourth-order valence-corrected chi connectivity index (χ4v) is 2.86. The Morgan fingerprint density at radius 3 is 2.67 bits per heavy atom. The lowest BCUT2D eigenvalue weighted by Crippen LogP contribution is -2.20. The number of hydrogen-bond donors (Lipinski definition) is 1. The van der Waals surface area contributed by atoms with Gasteiger partial charge in [0.25, 0.3) is 0 Å². The molecule has 0 fully saturated rings. The lowest BCUT2D eigenvalue weighted by Gasteiger charge is -2.23. The third-order valence-corrected chi connectivity index (χ3v) is 3.99. The van der Waals surface area contributed by atoms with Gasteiger partial charge in [-0.15, -0.1) is 0 Å². The second-order valence-corrected chi connectivity index (χ2v) is 7.53. The van der Waals surface area contributed by atoms with Crippen LogP contribution < -0.4 is 4.74 Å². The molecule has 18 heavy (non-hydrogen) atoms. The quantitative estimate of drug-likeness (QED) is 0.922. The molecule has 0 aromatic heterocycles. The Morgan fingerprint density at radius 2 is 2.06 bits per heavy atom. The highest BCUT2D eigenvalue weighted by Crippen LogP contribution is 2.44. The van der Waals surface area contributed by atoms with E-state index < -0.39 is 0 Å². The molecule has 0 saturated heterocycles. The van der Waals surface area contributed by atoms with Crippen molar-refractivity contribution >= 4 is 15.9 Å². The van der Waals surface area contributed by atoms with Gasteiger partial charge in [0.15, 0.2) is 0 Å². The predicted molar refractivity (Wildman–Crippen MR) is 77.2 cm³/mol. The number of halogens is 1. The summed E-state index contributed by atoms with van der Waals surface area (Å²) in [6.07, 6.45) is 0.821. The van der Waals surface area contributed by atoms with Crippen LogP contribution in [-0.2, 0) is 11.8 Å². The molecule has 1 heterocycles. The first kappa shape index (κ1) is 13.9. The number of aliphatic hydroxyl groups is 1. The summed E-state index contributed by atoms with van der Waals surface area (Å²) in [5.74, 6) is 1.02. The van der Waals surface area contributed by atoms with Crippen molar-refractivity contribution in [1.29, 1.82) is 0 Å². The van der Waals surface area contributed by atoms with Crippen LogP contribution in [0.2, 0.25) is 0 Å².